The first-order valence-electron chi connectivity index (χ1n) is 7.33. The summed E-state index contributed by atoms with van der Waals surface area (Å²) in [7, 11) is 1.85. The van der Waals surface area contributed by atoms with Gasteiger partial charge in [0.25, 0.3) is 0 Å². The molecule has 1 aromatic rings. The molecule has 1 aliphatic heterocycles. The highest BCUT2D eigenvalue weighted by Crippen LogP contribution is 2.31. The molecular formula is C16H23NO3. The van der Waals surface area contributed by atoms with Crippen LogP contribution in [0.2, 0.25) is 0 Å². The van der Waals surface area contributed by atoms with Gasteiger partial charge in [-0.25, -0.2) is 0 Å². The Morgan fingerprint density at radius 3 is 2.70 bits per heavy atom. The summed E-state index contributed by atoms with van der Waals surface area (Å²) in [5.41, 5.74) is 1.07. The van der Waals surface area contributed by atoms with E-state index in [0.29, 0.717) is 26.2 Å². The Bertz CT molecular complexity index is 459. The largest absolute Gasteiger partial charge is 0.486 e. The molecule has 0 radical (unpaired) electrons. The molecule has 0 aliphatic carbocycles. The van der Waals surface area contributed by atoms with Gasteiger partial charge in [0.05, 0.1) is 0 Å². The highest BCUT2D eigenvalue weighted by atomic mass is 16.6. The van der Waals surface area contributed by atoms with Gasteiger partial charge < -0.3 is 14.4 Å². The second kappa shape index (κ2) is 7.17. The van der Waals surface area contributed by atoms with Crippen molar-refractivity contribution in [2.45, 2.75) is 39.2 Å². The Kier molecular flexibility index (Phi) is 5.27. The highest BCUT2D eigenvalue weighted by molar-refractivity contribution is 5.75. The Morgan fingerprint density at radius 2 is 1.95 bits per heavy atom. The zero-order valence-electron chi connectivity index (χ0n) is 12.4. The van der Waals surface area contributed by atoms with Crippen LogP contribution < -0.4 is 9.47 Å². The molecule has 0 unspecified atom stereocenters. The van der Waals surface area contributed by atoms with Crippen LogP contribution in [0, 0.1) is 0 Å². The zero-order chi connectivity index (χ0) is 14.4. The standard InChI is InChI=1S/C16H23NO3/c1-3-4-5-6-16(18)17(2)12-13-7-8-14-15(11-13)20-10-9-19-14/h7-8,11H,3-6,9-10,12H2,1-2H3. The van der Waals surface area contributed by atoms with Crippen molar-refractivity contribution in [3.63, 3.8) is 0 Å². The molecule has 0 saturated heterocycles. The van der Waals surface area contributed by atoms with Crippen molar-refractivity contribution in [2.24, 2.45) is 0 Å². The van der Waals surface area contributed by atoms with E-state index in [9.17, 15) is 4.79 Å². The predicted molar refractivity (Wildman–Crippen MR) is 78.0 cm³/mol. The van der Waals surface area contributed by atoms with E-state index in [2.05, 4.69) is 6.92 Å². The first-order chi connectivity index (χ1) is 9.70. The summed E-state index contributed by atoms with van der Waals surface area (Å²) in [6.45, 7) is 3.94. The summed E-state index contributed by atoms with van der Waals surface area (Å²) in [5, 5.41) is 0. The maximum absolute atomic E-state index is 12.0. The summed E-state index contributed by atoms with van der Waals surface area (Å²) in [6.07, 6.45) is 3.86. The van der Waals surface area contributed by atoms with Crippen molar-refractivity contribution < 1.29 is 14.3 Å². The van der Waals surface area contributed by atoms with E-state index in [4.69, 9.17) is 9.47 Å². The molecule has 0 N–H and O–H groups in total. The van der Waals surface area contributed by atoms with Crippen LogP contribution in [0.25, 0.3) is 0 Å². The van der Waals surface area contributed by atoms with Gasteiger partial charge in [-0.05, 0) is 24.1 Å². The van der Waals surface area contributed by atoms with Crippen molar-refractivity contribution in [3.8, 4) is 11.5 Å². The molecule has 0 saturated carbocycles. The molecule has 2 rings (SSSR count). The van der Waals surface area contributed by atoms with E-state index < -0.39 is 0 Å². The lowest BCUT2D eigenvalue weighted by molar-refractivity contribution is -0.130. The Balaban J connectivity index is 1.90. The third-order valence-corrected chi connectivity index (χ3v) is 3.45. The quantitative estimate of drug-likeness (QED) is 0.750. The highest BCUT2D eigenvalue weighted by Gasteiger charge is 2.14. The first-order valence-corrected chi connectivity index (χ1v) is 7.33. The van der Waals surface area contributed by atoms with Crippen LogP contribution >= 0.6 is 0 Å². The molecule has 0 aromatic heterocycles. The maximum atomic E-state index is 12.0. The smallest absolute Gasteiger partial charge is 0.222 e. The molecule has 110 valence electrons. The summed E-state index contributed by atoms with van der Waals surface area (Å²) < 4.78 is 11.0. The van der Waals surface area contributed by atoms with Gasteiger partial charge >= 0.3 is 0 Å². The van der Waals surface area contributed by atoms with Crippen LogP contribution in [0.5, 0.6) is 11.5 Å². The van der Waals surface area contributed by atoms with Gasteiger partial charge in [-0.3, -0.25) is 4.79 Å². The van der Waals surface area contributed by atoms with Gasteiger partial charge in [0.1, 0.15) is 13.2 Å². The van der Waals surface area contributed by atoms with E-state index in [0.717, 1.165) is 36.3 Å². The SMILES string of the molecule is CCCCCC(=O)N(C)Cc1ccc2c(c1)OCCO2. The van der Waals surface area contributed by atoms with Gasteiger partial charge in [0, 0.05) is 20.0 Å². The molecule has 0 bridgehead atoms. The Morgan fingerprint density at radius 1 is 1.20 bits per heavy atom. The third kappa shape index (κ3) is 3.89. The molecule has 0 spiro atoms. The van der Waals surface area contributed by atoms with Crippen LogP contribution in [0.1, 0.15) is 38.2 Å². The summed E-state index contributed by atoms with van der Waals surface area (Å²) >= 11 is 0. The monoisotopic (exact) mass is 277 g/mol. The van der Waals surface area contributed by atoms with Crippen LogP contribution in [0.15, 0.2) is 18.2 Å². The van der Waals surface area contributed by atoms with E-state index in [1.165, 1.54) is 0 Å². The van der Waals surface area contributed by atoms with Gasteiger partial charge in [-0.15, -0.1) is 0 Å². The minimum absolute atomic E-state index is 0.202. The van der Waals surface area contributed by atoms with Crippen LogP contribution in [-0.4, -0.2) is 31.1 Å². The number of amides is 1. The number of fused-ring (bicyclic) bond motifs is 1. The summed E-state index contributed by atoms with van der Waals surface area (Å²) in [6, 6.07) is 5.87. The normalized spacial score (nSPS) is 13.1. The summed E-state index contributed by atoms with van der Waals surface area (Å²) in [4.78, 5) is 13.8. The number of hydrogen-bond acceptors (Lipinski definition) is 3. The number of benzene rings is 1. The molecule has 1 amide bonds. The van der Waals surface area contributed by atoms with E-state index in [-0.39, 0.29) is 5.91 Å². The Labute approximate surface area is 120 Å². The Hall–Kier alpha value is -1.71. The van der Waals surface area contributed by atoms with Crippen LogP contribution in [0.4, 0.5) is 0 Å². The molecule has 1 heterocycles. The molecular weight excluding hydrogens is 254 g/mol. The van der Waals surface area contributed by atoms with Gasteiger partial charge in [-0.1, -0.05) is 25.8 Å². The zero-order valence-corrected chi connectivity index (χ0v) is 12.4. The predicted octanol–water partition coefficient (Wildman–Crippen LogP) is 3.00. The average molecular weight is 277 g/mol. The fourth-order valence-electron chi connectivity index (χ4n) is 2.27. The number of rotatable bonds is 6. The second-order valence-electron chi connectivity index (χ2n) is 5.18. The van der Waals surface area contributed by atoms with E-state index in [1.807, 2.05) is 25.2 Å². The molecule has 0 atom stereocenters. The fourth-order valence-corrected chi connectivity index (χ4v) is 2.27. The van der Waals surface area contributed by atoms with Crippen molar-refractivity contribution >= 4 is 5.91 Å². The van der Waals surface area contributed by atoms with Gasteiger partial charge in [0.2, 0.25) is 5.91 Å². The minimum atomic E-state index is 0.202. The molecule has 4 heteroatoms. The van der Waals surface area contributed by atoms with Crippen molar-refractivity contribution in [3.05, 3.63) is 23.8 Å². The minimum Gasteiger partial charge on any atom is -0.486 e. The summed E-state index contributed by atoms with van der Waals surface area (Å²) in [5.74, 6) is 1.77. The molecule has 1 aromatic carbocycles. The number of ether oxygens (including phenoxy) is 2. The van der Waals surface area contributed by atoms with Crippen LogP contribution in [0.3, 0.4) is 0 Å². The lowest BCUT2D eigenvalue weighted by Crippen LogP contribution is -2.26. The number of hydrogen-bond donors (Lipinski definition) is 0. The van der Waals surface area contributed by atoms with E-state index >= 15 is 0 Å². The number of carbonyl (C=O) groups is 1. The second-order valence-corrected chi connectivity index (χ2v) is 5.18. The average Bonchev–Trinajstić information content (AvgIpc) is 2.47. The lowest BCUT2D eigenvalue weighted by atomic mass is 10.1. The topological polar surface area (TPSA) is 38.8 Å². The molecule has 4 nitrogen and oxygen atoms in total. The number of nitrogens with zero attached hydrogens (tertiary/aromatic N) is 1. The number of carbonyl (C=O) groups excluding carboxylic acids is 1. The van der Waals surface area contributed by atoms with Crippen LogP contribution in [-0.2, 0) is 11.3 Å². The van der Waals surface area contributed by atoms with Crippen molar-refractivity contribution in [2.75, 3.05) is 20.3 Å². The molecule has 0 fully saturated rings. The number of unbranched alkanes of at least 4 members (excludes halogenated alkanes) is 2. The van der Waals surface area contributed by atoms with Gasteiger partial charge in [-0.2, -0.15) is 0 Å². The van der Waals surface area contributed by atoms with E-state index in [1.54, 1.807) is 4.90 Å². The lowest BCUT2D eigenvalue weighted by Gasteiger charge is -2.21. The van der Waals surface area contributed by atoms with Crippen molar-refractivity contribution in [1.29, 1.82) is 0 Å². The maximum Gasteiger partial charge on any atom is 0.222 e. The third-order valence-electron chi connectivity index (χ3n) is 3.45. The molecule has 1 aliphatic rings. The van der Waals surface area contributed by atoms with Gasteiger partial charge in [0.15, 0.2) is 11.5 Å². The molecule has 20 heavy (non-hydrogen) atoms. The first kappa shape index (κ1) is 14.7. The fraction of sp³-hybridized carbons (Fsp3) is 0.562. The van der Waals surface area contributed by atoms with Crippen molar-refractivity contribution in [1.82, 2.24) is 4.90 Å².